The topological polar surface area (TPSA) is 113 Å². The quantitative estimate of drug-likeness (QED) is 0.438. The first kappa shape index (κ1) is 29.7. The molecule has 3 atom stereocenters. The second-order valence-electron chi connectivity index (χ2n) is 10.4. The molecular weight excluding hydrogens is 547 g/mol. The molecular formula is C28H32F3N3O5S. The Balaban J connectivity index is 1.39. The minimum atomic E-state index is -1.30. The molecule has 0 aromatic heterocycles. The highest BCUT2D eigenvalue weighted by Gasteiger charge is 2.38. The summed E-state index contributed by atoms with van der Waals surface area (Å²) < 4.78 is 46.5. The predicted octanol–water partition coefficient (Wildman–Crippen LogP) is 3.34. The zero-order chi connectivity index (χ0) is 29.1. The summed E-state index contributed by atoms with van der Waals surface area (Å²) in [5, 5.41) is 8.71. The molecule has 2 aromatic rings. The molecule has 1 fully saturated rings. The first-order valence-corrected chi connectivity index (χ1v) is 14.1. The van der Waals surface area contributed by atoms with Crippen LogP contribution in [0.15, 0.2) is 30.3 Å². The van der Waals surface area contributed by atoms with E-state index in [1.165, 1.54) is 16.7 Å². The van der Waals surface area contributed by atoms with E-state index in [1.807, 2.05) is 6.07 Å². The van der Waals surface area contributed by atoms with Crippen molar-refractivity contribution in [3.05, 3.63) is 64.5 Å². The van der Waals surface area contributed by atoms with Crippen LogP contribution in [-0.2, 0) is 33.8 Å². The third-order valence-electron chi connectivity index (χ3n) is 7.04. The maximum Gasteiger partial charge on any atom is 0.345 e. The number of carboxylic acids is 1. The van der Waals surface area contributed by atoms with Crippen LogP contribution in [0.2, 0.25) is 0 Å². The van der Waals surface area contributed by atoms with Gasteiger partial charge in [-0.1, -0.05) is 19.9 Å². The van der Waals surface area contributed by atoms with Gasteiger partial charge in [-0.3, -0.25) is 9.59 Å². The van der Waals surface area contributed by atoms with Crippen LogP contribution in [0.25, 0.3) is 0 Å². The smallest absolute Gasteiger partial charge is 0.345 e. The number of hydrogen-bond donors (Lipinski definition) is 2. The van der Waals surface area contributed by atoms with E-state index < -0.39 is 40.9 Å². The van der Waals surface area contributed by atoms with E-state index in [-0.39, 0.29) is 36.1 Å². The first-order valence-electron chi connectivity index (χ1n) is 13.0. The Hall–Kier alpha value is -3.25. The Morgan fingerprint density at radius 3 is 2.50 bits per heavy atom. The molecule has 2 aliphatic rings. The molecule has 3 unspecified atom stereocenters. The molecule has 0 radical (unpaired) electrons. The number of hydrogen-bond acceptors (Lipinski definition) is 6. The largest absolute Gasteiger partial charge is 0.478 e. The minimum absolute atomic E-state index is 0.124. The standard InChI is InChI=1S/C28H32F3N3O5S/c1-15(2)25(28(37)38)39-20-4-3-16-5-6-33(14-18(16)10-20)26(36)27-34(7-8-40-27)24(35)12-19(32)9-17-11-22(30)23(31)13-21(17)29/h3-4,10-11,13,15,19,25,27H,5-9,12,14,32H2,1-2H3,(H,37,38). The van der Waals surface area contributed by atoms with Gasteiger partial charge in [-0.15, -0.1) is 11.8 Å². The number of nitrogens with zero attached hydrogens (tertiary/aromatic N) is 2. The highest BCUT2D eigenvalue weighted by molar-refractivity contribution is 8.00. The van der Waals surface area contributed by atoms with E-state index in [0.29, 0.717) is 43.6 Å². The second kappa shape index (κ2) is 12.5. The lowest BCUT2D eigenvalue weighted by molar-refractivity contribution is -0.147. The van der Waals surface area contributed by atoms with Crippen molar-refractivity contribution in [2.45, 2.75) is 57.2 Å². The van der Waals surface area contributed by atoms with Crippen molar-refractivity contribution in [3.63, 3.8) is 0 Å². The number of carboxylic acid groups (broad SMARTS) is 1. The fourth-order valence-electron chi connectivity index (χ4n) is 4.92. The molecule has 4 rings (SSSR count). The van der Waals surface area contributed by atoms with Crippen molar-refractivity contribution in [2.75, 3.05) is 18.8 Å². The molecule has 3 N–H and O–H groups in total. The monoisotopic (exact) mass is 579 g/mol. The Kier molecular flexibility index (Phi) is 9.29. The summed E-state index contributed by atoms with van der Waals surface area (Å²) in [6.07, 6.45) is -0.753. The Bertz CT molecular complexity index is 1290. The molecule has 0 aliphatic carbocycles. The van der Waals surface area contributed by atoms with E-state index in [9.17, 15) is 32.7 Å². The Morgan fingerprint density at radius 2 is 1.80 bits per heavy atom. The van der Waals surface area contributed by atoms with Crippen molar-refractivity contribution in [1.29, 1.82) is 0 Å². The van der Waals surface area contributed by atoms with Gasteiger partial charge in [0.25, 0.3) is 5.91 Å². The van der Waals surface area contributed by atoms with Crippen LogP contribution in [-0.4, -0.2) is 69.1 Å². The number of fused-ring (bicyclic) bond motifs is 1. The third-order valence-corrected chi connectivity index (χ3v) is 8.23. The van der Waals surface area contributed by atoms with Gasteiger partial charge >= 0.3 is 5.97 Å². The zero-order valence-electron chi connectivity index (χ0n) is 22.2. The van der Waals surface area contributed by atoms with Gasteiger partial charge in [0.05, 0.1) is 0 Å². The van der Waals surface area contributed by atoms with Gasteiger partial charge in [-0.05, 0) is 47.7 Å². The van der Waals surface area contributed by atoms with Crippen LogP contribution < -0.4 is 10.5 Å². The van der Waals surface area contributed by atoms with Crippen molar-refractivity contribution in [3.8, 4) is 5.75 Å². The molecule has 1 saturated heterocycles. The number of ether oxygens (including phenoxy) is 1. The summed E-state index contributed by atoms with van der Waals surface area (Å²) in [5.74, 6) is -4.35. The number of carbonyl (C=O) groups excluding carboxylic acids is 2. The average Bonchev–Trinajstić information content (AvgIpc) is 3.39. The molecule has 216 valence electrons. The normalized spacial score (nSPS) is 18.4. The maximum absolute atomic E-state index is 14.0. The molecule has 2 heterocycles. The fraction of sp³-hybridized carbons (Fsp3) is 0.464. The summed E-state index contributed by atoms with van der Waals surface area (Å²) in [6.45, 7) is 4.62. The molecule has 8 nitrogen and oxygen atoms in total. The maximum atomic E-state index is 14.0. The third kappa shape index (κ3) is 6.72. The van der Waals surface area contributed by atoms with Gasteiger partial charge in [0, 0.05) is 49.8 Å². The Labute approximate surface area is 234 Å². The highest BCUT2D eigenvalue weighted by Crippen LogP contribution is 2.31. The van der Waals surface area contributed by atoms with Gasteiger partial charge in [0.2, 0.25) is 5.91 Å². The molecule has 40 heavy (non-hydrogen) atoms. The fourth-order valence-corrected chi connectivity index (χ4v) is 6.14. The lowest BCUT2D eigenvalue weighted by Gasteiger charge is -2.33. The van der Waals surface area contributed by atoms with Crippen LogP contribution in [0.1, 0.15) is 37.0 Å². The van der Waals surface area contributed by atoms with Gasteiger partial charge in [0.1, 0.15) is 11.6 Å². The van der Waals surface area contributed by atoms with Gasteiger partial charge in [-0.2, -0.15) is 0 Å². The SMILES string of the molecule is CC(C)C(Oc1ccc2c(c1)CN(C(=O)C1SCCN1C(=O)CC(N)Cc1cc(F)c(F)cc1F)CC2)C(=O)O. The van der Waals surface area contributed by atoms with E-state index in [1.54, 1.807) is 30.9 Å². The lowest BCUT2D eigenvalue weighted by Crippen LogP contribution is -2.49. The number of rotatable bonds is 9. The lowest BCUT2D eigenvalue weighted by atomic mass is 9.99. The van der Waals surface area contributed by atoms with Crippen LogP contribution in [0.3, 0.4) is 0 Å². The Morgan fingerprint density at radius 1 is 1.07 bits per heavy atom. The van der Waals surface area contributed by atoms with Crippen LogP contribution in [0, 0.1) is 23.4 Å². The molecule has 12 heteroatoms. The number of benzene rings is 2. The first-order chi connectivity index (χ1) is 18.9. The number of thioether (sulfide) groups is 1. The number of halogens is 3. The number of amides is 2. The highest BCUT2D eigenvalue weighted by atomic mass is 32.2. The molecule has 2 amide bonds. The zero-order valence-corrected chi connectivity index (χ0v) is 23.1. The van der Waals surface area contributed by atoms with Crippen molar-refractivity contribution in [1.82, 2.24) is 9.80 Å². The number of carbonyl (C=O) groups is 3. The average molecular weight is 580 g/mol. The summed E-state index contributed by atoms with van der Waals surface area (Å²) in [6, 6.07) is 5.71. The predicted molar refractivity (Wildman–Crippen MR) is 143 cm³/mol. The summed E-state index contributed by atoms with van der Waals surface area (Å²) in [4.78, 5) is 41.2. The van der Waals surface area contributed by atoms with E-state index >= 15 is 0 Å². The molecule has 0 bridgehead atoms. The van der Waals surface area contributed by atoms with E-state index in [4.69, 9.17) is 10.5 Å². The summed E-state index contributed by atoms with van der Waals surface area (Å²) in [7, 11) is 0. The molecule has 2 aromatic carbocycles. The van der Waals surface area contributed by atoms with Gasteiger partial charge in [0.15, 0.2) is 23.1 Å². The van der Waals surface area contributed by atoms with Crippen LogP contribution in [0.5, 0.6) is 5.75 Å². The van der Waals surface area contributed by atoms with Gasteiger partial charge < -0.3 is 25.4 Å². The summed E-state index contributed by atoms with van der Waals surface area (Å²) >= 11 is 1.35. The summed E-state index contributed by atoms with van der Waals surface area (Å²) in [5.41, 5.74) is 7.82. The van der Waals surface area contributed by atoms with Crippen LogP contribution in [0.4, 0.5) is 13.2 Å². The number of nitrogens with two attached hydrogens (primary N) is 1. The van der Waals surface area contributed by atoms with Crippen molar-refractivity contribution >= 4 is 29.5 Å². The molecule has 0 spiro atoms. The van der Waals surface area contributed by atoms with Crippen molar-refractivity contribution < 1.29 is 37.4 Å². The van der Waals surface area contributed by atoms with Crippen LogP contribution >= 0.6 is 11.8 Å². The molecule has 2 aliphatic heterocycles. The van der Waals surface area contributed by atoms with Crippen molar-refractivity contribution in [2.24, 2.45) is 11.7 Å². The number of aliphatic carboxylic acids is 1. The van der Waals surface area contributed by atoms with E-state index in [2.05, 4.69) is 0 Å². The molecule has 0 saturated carbocycles. The second-order valence-corrected chi connectivity index (χ2v) is 11.6. The minimum Gasteiger partial charge on any atom is -0.478 e. The van der Waals surface area contributed by atoms with Gasteiger partial charge in [-0.25, -0.2) is 18.0 Å². The van der Waals surface area contributed by atoms with E-state index in [0.717, 1.165) is 17.2 Å².